The SMILES string of the molecule is Cc1c(NC(=O)c2ccccc2)cccc1NC(=O)C1CCCCN1. The van der Waals surface area contributed by atoms with Crippen LogP contribution in [0.4, 0.5) is 11.4 Å². The summed E-state index contributed by atoms with van der Waals surface area (Å²) in [5, 5.41) is 9.14. The molecule has 25 heavy (non-hydrogen) atoms. The molecule has 0 aromatic heterocycles. The first kappa shape index (κ1) is 17.2. The van der Waals surface area contributed by atoms with Crippen LogP contribution < -0.4 is 16.0 Å². The van der Waals surface area contributed by atoms with Gasteiger partial charge in [-0.2, -0.15) is 0 Å². The highest BCUT2D eigenvalue weighted by Gasteiger charge is 2.21. The number of hydrogen-bond donors (Lipinski definition) is 3. The van der Waals surface area contributed by atoms with Crippen molar-refractivity contribution >= 4 is 23.2 Å². The highest BCUT2D eigenvalue weighted by Crippen LogP contribution is 2.24. The number of benzene rings is 2. The van der Waals surface area contributed by atoms with Gasteiger partial charge in [-0.25, -0.2) is 0 Å². The summed E-state index contributed by atoms with van der Waals surface area (Å²) in [4.78, 5) is 24.8. The van der Waals surface area contributed by atoms with Crippen LogP contribution in [0.5, 0.6) is 0 Å². The third-order valence-electron chi connectivity index (χ3n) is 4.50. The van der Waals surface area contributed by atoms with Crippen molar-refractivity contribution in [1.29, 1.82) is 0 Å². The van der Waals surface area contributed by atoms with Crippen molar-refractivity contribution in [2.45, 2.75) is 32.2 Å². The number of amides is 2. The number of nitrogens with one attached hydrogen (secondary N) is 3. The van der Waals surface area contributed by atoms with E-state index in [4.69, 9.17) is 0 Å². The topological polar surface area (TPSA) is 70.2 Å². The normalized spacial score (nSPS) is 16.9. The van der Waals surface area contributed by atoms with Gasteiger partial charge in [0.05, 0.1) is 6.04 Å². The molecule has 0 saturated carbocycles. The number of hydrogen-bond acceptors (Lipinski definition) is 3. The largest absolute Gasteiger partial charge is 0.324 e. The van der Waals surface area contributed by atoms with Crippen molar-refractivity contribution in [2.75, 3.05) is 17.2 Å². The summed E-state index contributed by atoms with van der Waals surface area (Å²) in [6.07, 6.45) is 3.04. The number of rotatable bonds is 4. The lowest BCUT2D eigenvalue weighted by Gasteiger charge is -2.23. The van der Waals surface area contributed by atoms with Crippen LogP contribution >= 0.6 is 0 Å². The van der Waals surface area contributed by atoms with E-state index in [-0.39, 0.29) is 17.9 Å². The van der Waals surface area contributed by atoms with Crippen molar-refractivity contribution in [3.63, 3.8) is 0 Å². The highest BCUT2D eigenvalue weighted by atomic mass is 16.2. The molecular weight excluding hydrogens is 314 g/mol. The molecule has 1 aliphatic rings. The molecule has 5 heteroatoms. The van der Waals surface area contributed by atoms with Gasteiger partial charge in [0.1, 0.15) is 0 Å². The maximum atomic E-state index is 12.4. The summed E-state index contributed by atoms with van der Waals surface area (Å²) in [7, 11) is 0. The molecule has 2 amide bonds. The van der Waals surface area contributed by atoms with Crippen LogP contribution in [0.2, 0.25) is 0 Å². The molecule has 3 N–H and O–H groups in total. The Morgan fingerprint density at radius 3 is 2.36 bits per heavy atom. The molecule has 1 fully saturated rings. The molecular formula is C20H23N3O2. The van der Waals surface area contributed by atoms with E-state index >= 15 is 0 Å². The molecule has 5 nitrogen and oxygen atoms in total. The third kappa shape index (κ3) is 4.25. The van der Waals surface area contributed by atoms with E-state index < -0.39 is 0 Å². The van der Waals surface area contributed by atoms with Gasteiger partial charge in [-0.3, -0.25) is 9.59 Å². The van der Waals surface area contributed by atoms with Gasteiger partial charge in [-0.05, 0) is 56.1 Å². The summed E-state index contributed by atoms with van der Waals surface area (Å²) in [5.74, 6) is -0.185. The molecule has 0 aliphatic carbocycles. The van der Waals surface area contributed by atoms with Crippen molar-refractivity contribution in [3.8, 4) is 0 Å². The van der Waals surface area contributed by atoms with Crippen molar-refractivity contribution in [2.24, 2.45) is 0 Å². The number of carbonyl (C=O) groups excluding carboxylic acids is 2. The average Bonchev–Trinajstić information content (AvgIpc) is 2.66. The monoisotopic (exact) mass is 337 g/mol. The first-order valence-corrected chi connectivity index (χ1v) is 8.65. The van der Waals surface area contributed by atoms with Crippen LogP contribution in [0.1, 0.15) is 35.2 Å². The molecule has 2 aromatic rings. The van der Waals surface area contributed by atoms with Gasteiger partial charge in [-0.1, -0.05) is 30.7 Å². The van der Waals surface area contributed by atoms with Gasteiger partial charge in [0.25, 0.3) is 5.91 Å². The fourth-order valence-electron chi connectivity index (χ4n) is 2.99. The zero-order chi connectivity index (χ0) is 17.6. The van der Waals surface area contributed by atoms with Crippen molar-refractivity contribution in [1.82, 2.24) is 5.32 Å². The molecule has 0 radical (unpaired) electrons. The lowest BCUT2D eigenvalue weighted by Crippen LogP contribution is -2.43. The number of piperidine rings is 1. The molecule has 130 valence electrons. The van der Waals surface area contributed by atoms with E-state index in [9.17, 15) is 9.59 Å². The quantitative estimate of drug-likeness (QED) is 0.801. The number of carbonyl (C=O) groups is 2. The van der Waals surface area contributed by atoms with Crippen LogP contribution in [-0.2, 0) is 4.79 Å². The zero-order valence-electron chi connectivity index (χ0n) is 14.3. The molecule has 3 rings (SSSR count). The average molecular weight is 337 g/mol. The third-order valence-corrected chi connectivity index (χ3v) is 4.50. The van der Waals surface area contributed by atoms with Crippen LogP contribution in [0.25, 0.3) is 0 Å². The minimum atomic E-state index is -0.166. The maximum absolute atomic E-state index is 12.4. The fraction of sp³-hybridized carbons (Fsp3) is 0.300. The summed E-state index contributed by atoms with van der Waals surface area (Å²) < 4.78 is 0. The molecule has 1 heterocycles. The van der Waals surface area contributed by atoms with Crippen molar-refractivity contribution in [3.05, 3.63) is 59.7 Å². The van der Waals surface area contributed by atoms with Crippen molar-refractivity contribution < 1.29 is 9.59 Å². The van der Waals surface area contributed by atoms with Gasteiger partial charge in [0.2, 0.25) is 5.91 Å². The molecule has 1 unspecified atom stereocenters. The standard InChI is InChI=1S/C20H23N3O2/c1-14-16(22-19(24)15-8-3-2-4-9-15)11-7-12-17(14)23-20(25)18-10-5-6-13-21-18/h2-4,7-9,11-12,18,21H,5-6,10,13H2,1H3,(H,22,24)(H,23,25). The summed E-state index contributed by atoms with van der Waals surface area (Å²) in [5.41, 5.74) is 2.87. The zero-order valence-corrected chi connectivity index (χ0v) is 14.3. The van der Waals surface area contributed by atoms with Gasteiger partial charge < -0.3 is 16.0 Å². The predicted molar refractivity (Wildman–Crippen MR) is 99.8 cm³/mol. The first-order chi connectivity index (χ1) is 12.1. The molecule has 2 aromatic carbocycles. The van der Waals surface area contributed by atoms with E-state index in [2.05, 4.69) is 16.0 Å². The van der Waals surface area contributed by atoms with Crippen LogP contribution in [0.3, 0.4) is 0 Å². The van der Waals surface area contributed by atoms with E-state index in [1.54, 1.807) is 12.1 Å². The van der Waals surface area contributed by atoms with Crippen LogP contribution in [0.15, 0.2) is 48.5 Å². The van der Waals surface area contributed by atoms with Crippen LogP contribution in [-0.4, -0.2) is 24.4 Å². The Bertz CT molecular complexity index is 753. The van der Waals surface area contributed by atoms with E-state index in [1.165, 1.54) is 0 Å². The van der Waals surface area contributed by atoms with Gasteiger partial charge in [-0.15, -0.1) is 0 Å². The summed E-state index contributed by atoms with van der Waals surface area (Å²) >= 11 is 0. The Balaban J connectivity index is 1.71. The highest BCUT2D eigenvalue weighted by molar-refractivity contribution is 6.05. The van der Waals surface area contributed by atoms with Gasteiger partial charge in [0.15, 0.2) is 0 Å². The predicted octanol–water partition coefficient (Wildman–Crippen LogP) is 3.33. The summed E-state index contributed by atoms with van der Waals surface area (Å²) in [6.45, 7) is 2.77. The molecule has 1 saturated heterocycles. The van der Waals surface area contributed by atoms with E-state index in [0.29, 0.717) is 11.3 Å². The van der Waals surface area contributed by atoms with E-state index in [0.717, 1.165) is 37.1 Å². The fourth-order valence-corrected chi connectivity index (χ4v) is 2.99. The second-order valence-electron chi connectivity index (χ2n) is 6.29. The number of anilines is 2. The summed E-state index contributed by atoms with van der Waals surface area (Å²) in [6, 6.07) is 14.4. The second-order valence-corrected chi connectivity index (χ2v) is 6.29. The lowest BCUT2D eigenvalue weighted by atomic mass is 10.0. The Labute approximate surface area is 147 Å². The van der Waals surface area contributed by atoms with E-state index in [1.807, 2.05) is 43.3 Å². The molecule has 1 aliphatic heterocycles. The Morgan fingerprint density at radius 1 is 0.960 bits per heavy atom. The Morgan fingerprint density at radius 2 is 1.68 bits per heavy atom. The lowest BCUT2D eigenvalue weighted by molar-refractivity contribution is -0.118. The maximum Gasteiger partial charge on any atom is 0.255 e. The van der Waals surface area contributed by atoms with Gasteiger partial charge in [0, 0.05) is 16.9 Å². The first-order valence-electron chi connectivity index (χ1n) is 8.65. The second kappa shape index (κ2) is 7.94. The smallest absolute Gasteiger partial charge is 0.255 e. The Hall–Kier alpha value is -2.66. The minimum Gasteiger partial charge on any atom is -0.324 e. The molecule has 0 bridgehead atoms. The van der Waals surface area contributed by atoms with Gasteiger partial charge >= 0.3 is 0 Å². The minimum absolute atomic E-state index is 0.0191. The molecule has 0 spiro atoms. The van der Waals surface area contributed by atoms with Crippen LogP contribution in [0, 0.1) is 6.92 Å². The molecule has 1 atom stereocenters. The Kier molecular flexibility index (Phi) is 5.46.